The van der Waals surface area contributed by atoms with Crippen molar-refractivity contribution in [3.8, 4) is 5.75 Å². The van der Waals surface area contributed by atoms with E-state index >= 15 is 0 Å². The van der Waals surface area contributed by atoms with E-state index in [1.54, 1.807) is 0 Å². The molecule has 1 aromatic carbocycles. The van der Waals surface area contributed by atoms with Gasteiger partial charge in [-0.2, -0.15) is 0 Å². The van der Waals surface area contributed by atoms with Gasteiger partial charge in [-0.25, -0.2) is 0 Å². The molecule has 3 N–H and O–H groups in total. The van der Waals surface area contributed by atoms with Crippen LogP contribution in [-0.4, -0.2) is 5.11 Å². The normalized spacial score (nSPS) is 12.0. The number of aromatic hydroxyl groups is 1. The van der Waals surface area contributed by atoms with Crippen LogP contribution >= 0.6 is 57.6 Å². The Balaban J connectivity index is 0.00000169. The summed E-state index contributed by atoms with van der Waals surface area (Å²) >= 11 is 4.23. The second kappa shape index (κ2) is 6.34. The van der Waals surface area contributed by atoms with Crippen molar-refractivity contribution >= 4 is 57.6 Å². The number of phenols is 1. The zero-order valence-corrected chi connectivity index (χ0v) is 12.8. The quantitative estimate of drug-likeness (QED) is 0.694. The van der Waals surface area contributed by atoms with Crippen molar-refractivity contribution in [2.24, 2.45) is 5.73 Å². The first-order chi connectivity index (χ1) is 6.06. The lowest BCUT2D eigenvalue weighted by Crippen LogP contribution is -2.09. The Labute approximate surface area is 117 Å². The molecule has 0 saturated heterocycles. The summed E-state index contributed by atoms with van der Waals surface area (Å²) in [5.41, 5.74) is 6.99. The summed E-state index contributed by atoms with van der Waals surface area (Å²) in [6, 6.07) is 3.95. The van der Waals surface area contributed by atoms with Gasteiger partial charge in [-0.3, -0.25) is 0 Å². The number of hydrogen-bond acceptors (Lipinski definition) is 2. The molecule has 1 atom stereocenters. The predicted octanol–water partition coefficient (Wildman–Crippen LogP) is 3.43. The lowest BCUT2D eigenvalue weighted by molar-refractivity contribution is 0.467. The number of rotatable bonds is 2. The summed E-state index contributed by atoms with van der Waals surface area (Å²) in [6.07, 6.45) is 0.914. The van der Waals surface area contributed by atoms with Gasteiger partial charge < -0.3 is 10.8 Å². The van der Waals surface area contributed by atoms with Crippen molar-refractivity contribution < 1.29 is 5.11 Å². The monoisotopic (exact) mass is 439 g/mol. The Morgan fingerprint density at radius 2 is 1.79 bits per heavy atom. The molecule has 0 amide bonds. The molecule has 14 heavy (non-hydrogen) atoms. The fourth-order valence-corrected chi connectivity index (χ4v) is 2.85. The first kappa shape index (κ1) is 14.7. The van der Waals surface area contributed by atoms with Crippen molar-refractivity contribution in [2.75, 3.05) is 0 Å². The van der Waals surface area contributed by atoms with Gasteiger partial charge in [0.05, 0.1) is 7.14 Å². The van der Waals surface area contributed by atoms with E-state index in [0.29, 0.717) is 5.75 Å². The maximum absolute atomic E-state index is 9.53. The number of phenolic OH excluding ortho intramolecular Hbond substituents is 1. The molecular formula is C9H12ClI2NO. The molecule has 0 fully saturated rings. The molecule has 1 rings (SSSR count). The molecule has 80 valence electrons. The van der Waals surface area contributed by atoms with Crippen LogP contribution in [0.2, 0.25) is 0 Å². The fraction of sp³-hybridized carbons (Fsp3) is 0.333. The average molecular weight is 439 g/mol. The summed E-state index contributed by atoms with van der Waals surface area (Å²) in [7, 11) is 0. The molecule has 1 aromatic rings. The first-order valence-corrected chi connectivity index (χ1v) is 6.15. The first-order valence-electron chi connectivity index (χ1n) is 3.99. The third-order valence-corrected chi connectivity index (χ3v) is 3.55. The molecule has 0 radical (unpaired) electrons. The maximum Gasteiger partial charge on any atom is 0.142 e. The van der Waals surface area contributed by atoms with Gasteiger partial charge in [0.15, 0.2) is 0 Å². The van der Waals surface area contributed by atoms with E-state index in [1.165, 1.54) is 0 Å². The highest BCUT2D eigenvalue weighted by Crippen LogP contribution is 2.29. The Kier molecular flexibility index (Phi) is 6.67. The van der Waals surface area contributed by atoms with Crippen LogP contribution in [0.3, 0.4) is 0 Å². The highest BCUT2D eigenvalue weighted by Gasteiger charge is 2.09. The van der Waals surface area contributed by atoms with Crippen LogP contribution in [0, 0.1) is 7.14 Å². The molecular weight excluding hydrogens is 427 g/mol. The van der Waals surface area contributed by atoms with Gasteiger partial charge in [0.25, 0.3) is 0 Å². The Bertz CT molecular complexity index is 297. The minimum Gasteiger partial charge on any atom is -0.506 e. The lowest BCUT2D eigenvalue weighted by Gasteiger charge is -2.11. The molecule has 2 nitrogen and oxygen atoms in total. The molecule has 0 aliphatic rings. The van der Waals surface area contributed by atoms with Crippen LogP contribution in [-0.2, 0) is 0 Å². The number of halogens is 3. The molecule has 0 aromatic heterocycles. The molecule has 0 unspecified atom stereocenters. The summed E-state index contributed by atoms with van der Waals surface area (Å²) in [4.78, 5) is 0. The van der Waals surface area contributed by atoms with E-state index in [0.717, 1.165) is 19.1 Å². The van der Waals surface area contributed by atoms with Gasteiger partial charge in [-0.1, -0.05) is 6.92 Å². The van der Waals surface area contributed by atoms with Crippen molar-refractivity contribution in [2.45, 2.75) is 19.4 Å². The Hall–Kier alpha value is 0.730. The minimum atomic E-state index is 0. The summed E-state index contributed by atoms with van der Waals surface area (Å²) in [5, 5.41) is 9.53. The van der Waals surface area contributed by atoms with Gasteiger partial charge in [0, 0.05) is 6.04 Å². The van der Waals surface area contributed by atoms with Crippen LogP contribution in [0.4, 0.5) is 0 Å². The third-order valence-electron chi connectivity index (χ3n) is 1.91. The molecule has 0 aliphatic heterocycles. The van der Waals surface area contributed by atoms with Gasteiger partial charge in [0.1, 0.15) is 5.75 Å². The number of hydrogen-bond donors (Lipinski definition) is 2. The molecule has 0 heterocycles. The van der Waals surface area contributed by atoms with Crippen molar-refractivity contribution in [1.29, 1.82) is 0 Å². The minimum absolute atomic E-state index is 0. The largest absolute Gasteiger partial charge is 0.506 e. The highest BCUT2D eigenvalue weighted by atomic mass is 127. The Morgan fingerprint density at radius 3 is 2.14 bits per heavy atom. The van der Waals surface area contributed by atoms with Gasteiger partial charge >= 0.3 is 0 Å². The Morgan fingerprint density at radius 1 is 1.36 bits per heavy atom. The summed E-state index contributed by atoms with van der Waals surface area (Å²) < 4.78 is 1.73. The fourth-order valence-electron chi connectivity index (χ4n) is 1.03. The third kappa shape index (κ3) is 3.39. The van der Waals surface area contributed by atoms with Crippen molar-refractivity contribution in [3.63, 3.8) is 0 Å². The van der Waals surface area contributed by atoms with E-state index in [9.17, 15) is 5.11 Å². The van der Waals surface area contributed by atoms with Gasteiger partial charge in [0.2, 0.25) is 0 Å². The van der Waals surface area contributed by atoms with Gasteiger partial charge in [-0.15, -0.1) is 12.4 Å². The van der Waals surface area contributed by atoms with Crippen molar-refractivity contribution in [3.05, 3.63) is 24.8 Å². The second-order valence-electron chi connectivity index (χ2n) is 2.85. The van der Waals surface area contributed by atoms with Crippen LogP contribution in [0.5, 0.6) is 5.75 Å². The van der Waals surface area contributed by atoms with E-state index in [-0.39, 0.29) is 18.4 Å². The van der Waals surface area contributed by atoms with Crippen LogP contribution in [0.15, 0.2) is 12.1 Å². The van der Waals surface area contributed by atoms with Crippen LogP contribution in [0.25, 0.3) is 0 Å². The van der Waals surface area contributed by atoms with Gasteiger partial charge in [-0.05, 0) is 69.3 Å². The maximum atomic E-state index is 9.53. The molecule has 0 aliphatic carbocycles. The second-order valence-corrected chi connectivity index (χ2v) is 5.17. The van der Waals surface area contributed by atoms with E-state index in [1.807, 2.05) is 12.1 Å². The average Bonchev–Trinajstić information content (AvgIpc) is 2.12. The molecule has 0 bridgehead atoms. The predicted molar refractivity (Wildman–Crippen MR) is 78.0 cm³/mol. The standard InChI is InChI=1S/C9H11I2NO.ClH/c1-2-8(12)5-3-6(10)9(13)7(11)4-5;/h3-4,8,13H,2,12H2,1H3;1H/t8-;/m1./s1. The van der Waals surface area contributed by atoms with Crippen LogP contribution < -0.4 is 5.73 Å². The molecule has 5 heteroatoms. The highest BCUT2D eigenvalue weighted by molar-refractivity contribution is 14.1. The van der Waals surface area contributed by atoms with E-state index in [2.05, 4.69) is 52.1 Å². The van der Waals surface area contributed by atoms with Crippen molar-refractivity contribution in [1.82, 2.24) is 0 Å². The number of nitrogens with two attached hydrogens (primary N) is 1. The smallest absolute Gasteiger partial charge is 0.142 e. The molecule has 0 saturated carbocycles. The summed E-state index contributed by atoms with van der Waals surface area (Å²) in [5.74, 6) is 0.355. The molecule has 0 spiro atoms. The topological polar surface area (TPSA) is 46.2 Å². The van der Waals surface area contributed by atoms with E-state index < -0.39 is 0 Å². The number of benzene rings is 1. The summed E-state index contributed by atoms with van der Waals surface area (Å²) in [6.45, 7) is 2.05. The zero-order chi connectivity index (χ0) is 10.0. The lowest BCUT2D eigenvalue weighted by atomic mass is 10.1. The van der Waals surface area contributed by atoms with Crippen LogP contribution in [0.1, 0.15) is 24.9 Å². The zero-order valence-electron chi connectivity index (χ0n) is 7.63. The van der Waals surface area contributed by atoms with E-state index in [4.69, 9.17) is 5.73 Å². The SMILES string of the molecule is CC[C@@H](N)c1cc(I)c(O)c(I)c1.Cl.